The normalized spacial score (nSPS) is 11.8. The maximum Gasteiger partial charge on any atom is 0.177 e. The summed E-state index contributed by atoms with van der Waals surface area (Å²) in [5.41, 5.74) is 18.4. The van der Waals surface area contributed by atoms with Gasteiger partial charge in [0.05, 0.1) is 37.3 Å². The zero-order valence-corrected chi connectivity index (χ0v) is 58.1. The van der Waals surface area contributed by atoms with Gasteiger partial charge >= 0.3 is 0 Å². The molecule has 0 amide bonds. The molecule has 0 fully saturated rings. The van der Waals surface area contributed by atoms with Gasteiger partial charge in [-0.05, 0) is 183 Å². The van der Waals surface area contributed by atoms with Crippen molar-refractivity contribution in [3.8, 4) is 23.0 Å². The molecule has 0 bridgehead atoms. The van der Waals surface area contributed by atoms with E-state index in [4.69, 9.17) is 28.4 Å². The van der Waals surface area contributed by atoms with Crippen LogP contribution in [0.25, 0.3) is 32.3 Å². The van der Waals surface area contributed by atoms with E-state index in [1.165, 1.54) is 121 Å². The first kappa shape index (κ1) is 66.3. The van der Waals surface area contributed by atoms with Crippen molar-refractivity contribution in [1.29, 1.82) is 0 Å². The molecule has 2 heterocycles. The Morgan fingerprint density at radius 3 is 0.620 bits per heavy atom. The Morgan fingerprint density at radius 1 is 0.220 bits per heavy atom. The number of hydrogen-bond donors (Lipinski definition) is 0. The predicted octanol–water partition coefficient (Wildman–Crippen LogP) is 18.8. The fourth-order valence-corrected chi connectivity index (χ4v) is 14.3. The topological polar surface area (TPSA) is 63.1 Å². The van der Waals surface area contributed by atoms with E-state index in [-0.39, 0.29) is 0 Å². The standard InChI is InChI=1S/C92H86N2O6/c1-65-7-27-77(28-8-65)91(78-29-9-66(2)10-30-78,79-31-11-67(3)12-32-79)83-39-47-87(48-40-83)99-57-53-95-51-55-97-85-43-19-71(20-44-85)59-93-61-73-23-25-75-63-94(64-76-26-24-74(62-93)89(73)90(75)76)60-72-21-45-86(46-22-72)98-56-52-96-54-58-100-88-49-41-84(42-50-88)92(80-33-13-68(4)14-34-80,81-35-15-69(5)16-36-81)82-37-17-70(6)18-38-82/h7-50,61-64H,51-60H2,1-6H3/q+2. The minimum atomic E-state index is -0.520. The molecule has 14 rings (SSSR count). The smallest absolute Gasteiger partial charge is 0.177 e. The first-order chi connectivity index (χ1) is 48.9. The molecule has 0 aliphatic heterocycles. The van der Waals surface area contributed by atoms with E-state index in [0.717, 1.165) is 36.1 Å². The summed E-state index contributed by atoms with van der Waals surface area (Å²) in [6.07, 6.45) is 9.06. The molecule has 498 valence electrons. The van der Waals surface area contributed by atoms with E-state index in [1.54, 1.807) is 0 Å². The van der Waals surface area contributed by atoms with Gasteiger partial charge in [0.15, 0.2) is 37.9 Å². The van der Waals surface area contributed by atoms with Crippen LogP contribution in [0.15, 0.2) is 292 Å². The summed E-state index contributed by atoms with van der Waals surface area (Å²) >= 11 is 0. The third kappa shape index (κ3) is 14.5. The van der Waals surface area contributed by atoms with Crippen molar-refractivity contribution in [2.24, 2.45) is 0 Å². The summed E-state index contributed by atoms with van der Waals surface area (Å²) in [5.74, 6) is 3.24. The minimum Gasteiger partial charge on any atom is -0.491 e. The van der Waals surface area contributed by atoms with Gasteiger partial charge in [0.2, 0.25) is 0 Å². The van der Waals surface area contributed by atoms with Crippen LogP contribution >= 0.6 is 0 Å². The lowest BCUT2D eigenvalue weighted by Crippen LogP contribution is -2.34. The Bertz CT molecular complexity index is 4390. The lowest BCUT2D eigenvalue weighted by atomic mass is 9.65. The van der Waals surface area contributed by atoms with Crippen LogP contribution in [0.1, 0.15) is 89.0 Å². The Balaban J connectivity index is 0.522. The van der Waals surface area contributed by atoms with Crippen molar-refractivity contribution in [3.63, 3.8) is 0 Å². The molecule has 2 aromatic heterocycles. The van der Waals surface area contributed by atoms with Crippen molar-refractivity contribution >= 4 is 32.3 Å². The van der Waals surface area contributed by atoms with Crippen LogP contribution in [0.3, 0.4) is 0 Å². The monoisotopic (exact) mass is 1310 g/mol. The van der Waals surface area contributed by atoms with E-state index < -0.39 is 10.8 Å². The van der Waals surface area contributed by atoms with Gasteiger partial charge in [-0.3, -0.25) is 0 Å². The van der Waals surface area contributed by atoms with Gasteiger partial charge in [-0.25, -0.2) is 0 Å². The van der Waals surface area contributed by atoms with Crippen LogP contribution in [0.4, 0.5) is 0 Å². The number of pyridine rings is 2. The Kier molecular flexibility index (Phi) is 19.9. The molecule has 0 unspecified atom stereocenters. The van der Waals surface area contributed by atoms with Gasteiger partial charge in [0.25, 0.3) is 0 Å². The van der Waals surface area contributed by atoms with Gasteiger partial charge in [-0.1, -0.05) is 203 Å². The summed E-state index contributed by atoms with van der Waals surface area (Å²) in [6, 6.07) is 96.7. The second-order valence-corrected chi connectivity index (χ2v) is 26.8. The van der Waals surface area contributed by atoms with E-state index in [1.807, 2.05) is 24.3 Å². The zero-order chi connectivity index (χ0) is 68.4. The molecule has 0 N–H and O–H groups in total. The third-order valence-corrected chi connectivity index (χ3v) is 19.6. The molecule has 0 saturated heterocycles. The van der Waals surface area contributed by atoms with Crippen LogP contribution in [-0.4, -0.2) is 52.9 Å². The summed E-state index contributed by atoms with van der Waals surface area (Å²) in [6.45, 7) is 17.9. The number of benzene rings is 12. The lowest BCUT2D eigenvalue weighted by Gasteiger charge is -2.37. The molecule has 0 aliphatic rings. The zero-order valence-electron chi connectivity index (χ0n) is 58.1. The van der Waals surface area contributed by atoms with E-state index in [0.29, 0.717) is 52.9 Å². The van der Waals surface area contributed by atoms with Gasteiger partial charge in [-0.2, -0.15) is 9.13 Å². The number of ether oxygens (including phenoxy) is 6. The van der Waals surface area contributed by atoms with Crippen LogP contribution in [0.5, 0.6) is 23.0 Å². The highest BCUT2D eigenvalue weighted by atomic mass is 16.5. The molecule has 8 nitrogen and oxygen atoms in total. The molecule has 12 aromatic carbocycles. The highest BCUT2D eigenvalue weighted by Gasteiger charge is 2.40. The number of nitrogens with zero attached hydrogens (tertiary/aromatic N) is 2. The molecule has 14 aromatic rings. The van der Waals surface area contributed by atoms with Crippen LogP contribution in [0, 0.1) is 41.5 Å². The molecular weight excluding hydrogens is 1230 g/mol. The largest absolute Gasteiger partial charge is 0.491 e. The van der Waals surface area contributed by atoms with Gasteiger partial charge in [0, 0.05) is 43.4 Å². The molecule has 0 radical (unpaired) electrons. The number of hydrogen-bond acceptors (Lipinski definition) is 6. The van der Waals surface area contributed by atoms with Crippen LogP contribution < -0.4 is 28.1 Å². The van der Waals surface area contributed by atoms with Crippen molar-refractivity contribution in [1.82, 2.24) is 0 Å². The molecule has 0 atom stereocenters. The van der Waals surface area contributed by atoms with Crippen molar-refractivity contribution < 1.29 is 37.6 Å². The second kappa shape index (κ2) is 30.1. The minimum absolute atomic E-state index is 0.433. The molecule has 0 aliphatic carbocycles. The highest BCUT2D eigenvalue weighted by Crippen LogP contribution is 2.48. The van der Waals surface area contributed by atoms with E-state index in [2.05, 4.69) is 318 Å². The number of aromatic nitrogens is 2. The Hall–Kier alpha value is -10.9. The fraction of sp³-hybridized carbons (Fsp3) is 0.196. The number of rotatable bonds is 28. The predicted molar refractivity (Wildman–Crippen MR) is 403 cm³/mol. The fourth-order valence-electron chi connectivity index (χ4n) is 14.3. The van der Waals surface area contributed by atoms with Crippen molar-refractivity contribution in [2.75, 3.05) is 52.9 Å². The Labute approximate surface area is 588 Å². The van der Waals surface area contributed by atoms with Crippen molar-refractivity contribution in [3.05, 3.63) is 381 Å². The maximum absolute atomic E-state index is 6.22. The molecule has 0 saturated carbocycles. The van der Waals surface area contributed by atoms with Gasteiger partial charge < -0.3 is 28.4 Å². The summed E-state index contributed by atoms with van der Waals surface area (Å²) < 4.78 is 41.1. The first-order valence-corrected chi connectivity index (χ1v) is 34.9. The maximum atomic E-state index is 6.22. The third-order valence-electron chi connectivity index (χ3n) is 19.6. The van der Waals surface area contributed by atoms with E-state index >= 15 is 0 Å². The van der Waals surface area contributed by atoms with E-state index in [9.17, 15) is 0 Å². The van der Waals surface area contributed by atoms with Crippen LogP contribution in [0.2, 0.25) is 0 Å². The summed E-state index contributed by atoms with van der Waals surface area (Å²) in [5, 5.41) is 7.44. The SMILES string of the molecule is Cc1ccc(C(c2ccc(C)cc2)(c2ccc(C)cc2)c2ccc(OCCOCCOc3ccc(C[n+]4cc5ccc6c[n+](Cc7ccc(OCCOCCOc8ccc(C(c9ccc(C)cc9)(c9ccc(C)cc9)c9ccc(C)cc9)cc8)cc7)cc7ccc(c4)c5c67)cc3)cc2)cc1. The number of aryl methyl sites for hydroxylation is 6. The van der Waals surface area contributed by atoms with Crippen molar-refractivity contribution in [2.45, 2.75) is 65.5 Å². The Morgan fingerprint density at radius 2 is 0.410 bits per heavy atom. The van der Waals surface area contributed by atoms with Gasteiger partial charge in [0.1, 0.15) is 49.4 Å². The lowest BCUT2D eigenvalue weighted by molar-refractivity contribution is -0.686. The molecule has 100 heavy (non-hydrogen) atoms. The van der Waals surface area contributed by atoms with Gasteiger partial charge in [-0.15, -0.1) is 0 Å². The average molecular weight is 1320 g/mol. The van der Waals surface area contributed by atoms with Crippen LogP contribution in [-0.2, 0) is 33.4 Å². The molecule has 8 heteroatoms. The quantitative estimate of drug-likeness (QED) is 0.0211. The second-order valence-electron chi connectivity index (χ2n) is 26.8. The summed E-state index contributed by atoms with van der Waals surface area (Å²) in [7, 11) is 0. The molecule has 0 spiro atoms. The average Bonchev–Trinajstić information content (AvgIpc) is 0.755. The highest BCUT2D eigenvalue weighted by molar-refractivity contribution is 6.21. The summed E-state index contributed by atoms with van der Waals surface area (Å²) in [4.78, 5) is 0. The molecular formula is C92H86N2O6+2. The first-order valence-electron chi connectivity index (χ1n) is 34.9.